The number of benzene rings is 1. The van der Waals surface area contributed by atoms with Crippen molar-refractivity contribution in [2.24, 2.45) is 5.73 Å². The standard InChI is InChI=1S/C14H19N3O2/c1-9-3-5-11(6-4-9)12(15)14(19)17-8-7-16-13(18)10(17)2/h3-6,10,12H,7-8,15H2,1-2H3,(H,16,18). The van der Waals surface area contributed by atoms with Gasteiger partial charge in [-0.1, -0.05) is 29.8 Å². The van der Waals surface area contributed by atoms with E-state index in [1.807, 2.05) is 31.2 Å². The van der Waals surface area contributed by atoms with Crippen LogP contribution in [0.5, 0.6) is 0 Å². The van der Waals surface area contributed by atoms with Crippen LogP contribution in [0.4, 0.5) is 0 Å². The fourth-order valence-electron chi connectivity index (χ4n) is 2.18. The quantitative estimate of drug-likeness (QED) is 0.806. The van der Waals surface area contributed by atoms with Gasteiger partial charge in [0.2, 0.25) is 11.8 Å². The number of nitrogens with two attached hydrogens (primary N) is 1. The zero-order valence-electron chi connectivity index (χ0n) is 11.2. The number of hydrogen-bond acceptors (Lipinski definition) is 3. The van der Waals surface area contributed by atoms with Crippen molar-refractivity contribution >= 4 is 11.8 Å². The van der Waals surface area contributed by atoms with Crippen LogP contribution < -0.4 is 11.1 Å². The Morgan fingerprint density at radius 1 is 1.42 bits per heavy atom. The maximum Gasteiger partial charge on any atom is 0.244 e. The molecule has 2 rings (SSSR count). The van der Waals surface area contributed by atoms with Gasteiger partial charge in [-0.3, -0.25) is 9.59 Å². The van der Waals surface area contributed by atoms with Gasteiger partial charge in [0.15, 0.2) is 0 Å². The van der Waals surface area contributed by atoms with E-state index in [2.05, 4.69) is 5.32 Å². The lowest BCUT2D eigenvalue weighted by Gasteiger charge is -2.34. The van der Waals surface area contributed by atoms with Crippen molar-refractivity contribution in [3.63, 3.8) is 0 Å². The van der Waals surface area contributed by atoms with Crippen LogP contribution in [-0.4, -0.2) is 35.8 Å². The van der Waals surface area contributed by atoms with E-state index in [1.54, 1.807) is 11.8 Å². The summed E-state index contributed by atoms with van der Waals surface area (Å²) < 4.78 is 0. The molecule has 2 atom stereocenters. The number of carbonyl (C=O) groups is 2. The maximum absolute atomic E-state index is 12.4. The zero-order valence-corrected chi connectivity index (χ0v) is 11.2. The van der Waals surface area contributed by atoms with Gasteiger partial charge in [0.25, 0.3) is 0 Å². The van der Waals surface area contributed by atoms with Gasteiger partial charge in [0.05, 0.1) is 0 Å². The third-order valence-electron chi connectivity index (χ3n) is 3.48. The Bertz CT molecular complexity index is 484. The van der Waals surface area contributed by atoms with E-state index >= 15 is 0 Å². The molecule has 1 fully saturated rings. The van der Waals surface area contributed by atoms with E-state index in [4.69, 9.17) is 5.73 Å². The molecule has 102 valence electrons. The van der Waals surface area contributed by atoms with Gasteiger partial charge >= 0.3 is 0 Å². The van der Waals surface area contributed by atoms with E-state index in [-0.39, 0.29) is 11.8 Å². The molecule has 2 amide bonds. The molecule has 5 nitrogen and oxygen atoms in total. The van der Waals surface area contributed by atoms with Crippen LogP contribution in [-0.2, 0) is 9.59 Å². The first-order valence-electron chi connectivity index (χ1n) is 6.41. The van der Waals surface area contributed by atoms with Crippen LogP contribution in [0.3, 0.4) is 0 Å². The van der Waals surface area contributed by atoms with Crippen molar-refractivity contribution in [2.45, 2.75) is 25.9 Å². The van der Waals surface area contributed by atoms with E-state index in [0.717, 1.165) is 11.1 Å². The van der Waals surface area contributed by atoms with Crippen LogP contribution in [0.15, 0.2) is 24.3 Å². The summed E-state index contributed by atoms with van der Waals surface area (Å²) in [5, 5.41) is 2.73. The topological polar surface area (TPSA) is 75.4 Å². The SMILES string of the molecule is Cc1ccc(C(N)C(=O)N2CCNC(=O)C2C)cc1. The molecule has 1 heterocycles. The van der Waals surface area contributed by atoms with Gasteiger partial charge in [0.1, 0.15) is 12.1 Å². The smallest absolute Gasteiger partial charge is 0.244 e. The molecule has 3 N–H and O–H groups in total. The van der Waals surface area contributed by atoms with Crippen LogP contribution in [0, 0.1) is 6.92 Å². The Hall–Kier alpha value is -1.88. The minimum absolute atomic E-state index is 0.129. The predicted octanol–water partition coefficient (Wildman–Crippen LogP) is 0.342. The summed E-state index contributed by atoms with van der Waals surface area (Å²) in [7, 11) is 0. The molecular weight excluding hydrogens is 242 g/mol. The summed E-state index contributed by atoms with van der Waals surface area (Å²) in [6, 6.07) is 6.38. The average molecular weight is 261 g/mol. The lowest BCUT2D eigenvalue weighted by atomic mass is 10.0. The summed E-state index contributed by atoms with van der Waals surface area (Å²) in [5.74, 6) is -0.332. The molecule has 1 aromatic carbocycles. The Kier molecular flexibility index (Phi) is 3.85. The number of carbonyl (C=O) groups excluding carboxylic acids is 2. The summed E-state index contributed by atoms with van der Waals surface area (Å²) in [6.07, 6.45) is 0. The molecule has 5 heteroatoms. The summed E-state index contributed by atoms with van der Waals surface area (Å²) >= 11 is 0. The molecule has 1 aliphatic rings. The lowest BCUT2D eigenvalue weighted by Crippen LogP contribution is -2.57. The first-order chi connectivity index (χ1) is 9.00. The van der Waals surface area contributed by atoms with E-state index in [1.165, 1.54) is 0 Å². The number of nitrogens with one attached hydrogen (secondary N) is 1. The first-order valence-corrected chi connectivity index (χ1v) is 6.41. The van der Waals surface area contributed by atoms with Crippen LogP contribution >= 0.6 is 0 Å². The highest BCUT2D eigenvalue weighted by molar-refractivity contribution is 5.91. The van der Waals surface area contributed by atoms with E-state index < -0.39 is 12.1 Å². The van der Waals surface area contributed by atoms with Gasteiger partial charge in [-0.25, -0.2) is 0 Å². The molecule has 0 spiro atoms. The van der Waals surface area contributed by atoms with Crippen molar-refractivity contribution in [3.05, 3.63) is 35.4 Å². The second-order valence-corrected chi connectivity index (χ2v) is 4.89. The van der Waals surface area contributed by atoms with Crippen molar-refractivity contribution in [1.82, 2.24) is 10.2 Å². The number of nitrogens with zero attached hydrogens (tertiary/aromatic N) is 1. The van der Waals surface area contributed by atoms with Gasteiger partial charge < -0.3 is 16.0 Å². The molecule has 1 aliphatic heterocycles. The highest BCUT2D eigenvalue weighted by Crippen LogP contribution is 2.16. The Labute approximate surface area is 112 Å². The Balaban J connectivity index is 2.14. The normalized spacial score (nSPS) is 20.9. The fraction of sp³-hybridized carbons (Fsp3) is 0.429. The fourth-order valence-corrected chi connectivity index (χ4v) is 2.18. The van der Waals surface area contributed by atoms with E-state index in [0.29, 0.717) is 13.1 Å². The van der Waals surface area contributed by atoms with Crippen molar-refractivity contribution < 1.29 is 9.59 Å². The van der Waals surface area contributed by atoms with Crippen LogP contribution in [0.25, 0.3) is 0 Å². The molecule has 19 heavy (non-hydrogen) atoms. The van der Waals surface area contributed by atoms with Gasteiger partial charge in [0, 0.05) is 13.1 Å². The van der Waals surface area contributed by atoms with Gasteiger partial charge in [-0.05, 0) is 19.4 Å². The van der Waals surface area contributed by atoms with Crippen LogP contribution in [0.2, 0.25) is 0 Å². The van der Waals surface area contributed by atoms with Crippen LogP contribution in [0.1, 0.15) is 24.1 Å². The van der Waals surface area contributed by atoms with Gasteiger partial charge in [-0.2, -0.15) is 0 Å². The van der Waals surface area contributed by atoms with Crippen molar-refractivity contribution in [3.8, 4) is 0 Å². The molecule has 0 saturated carbocycles. The molecular formula is C14H19N3O2. The average Bonchev–Trinajstić information content (AvgIpc) is 2.41. The molecule has 1 saturated heterocycles. The van der Waals surface area contributed by atoms with Crippen molar-refractivity contribution in [2.75, 3.05) is 13.1 Å². The third-order valence-corrected chi connectivity index (χ3v) is 3.48. The minimum atomic E-state index is -0.714. The molecule has 1 aromatic rings. The Morgan fingerprint density at radius 2 is 2.05 bits per heavy atom. The van der Waals surface area contributed by atoms with Crippen molar-refractivity contribution in [1.29, 1.82) is 0 Å². The number of aryl methyl sites for hydroxylation is 1. The number of piperazine rings is 1. The largest absolute Gasteiger partial charge is 0.353 e. The molecule has 0 bridgehead atoms. The second-order valence-electron chi connectivity index (χ2n) is 4.89. The lowest BCUT2D eigenvalue weighted by molar-refractivity contribution is -0.143. The summed E-state index contributed by atoms with van der Waals surface area (Å²) in [5.41, 5.74) is 7.90. The summed E-state index contributed by atoms with van der Waals surface area (Å²) in [6.45, 7) is 4.68. The summed E-state index contributed by atoms with van der Waals surface area (Å²) in [4.78, 5) is 25.5. The maximum atomic E-state index is 12.4. The third kappa shape index (κ3) is 2.76. The molecule has 0 aromatic heterocycles. The minimum Gasteiger partial charge on any atom is -0.353 e. The molecule has 0 radical (unpaired) electrons. The van der Waals surface area contributed by atoms with Gasteiger partial charge in [-0.15, -0.1) is 0 Å². The van der Waals surface area contributed by atoms with E-state index in [9.17, 15) is 9.59 Å². The predicted molar refractivity (Wildman–Crippen MR) is 72.3 cm³/mol. The molecule has 0 aliphatic carbocycles. The number of hydrogen-bond donors (Lipinski definition) is 2. The number of amides is 2. The highest BCUT2D eigenvalue weighted by Gasteiger charge is 2.32. The highest BCUT2D eigenvalue weighted by atomic mass is 16.2. The molecule has 2 unspecified atom stereocenters. The monoisotopic (exact) mass is 261 g/mol. The second kappa shape index (κ2) is 5.40. The first kappa shape index (κ1) is 13.5. The zero-order chi connectivity index (χ0) is 14.0. The number of rotatable bonds is 2. The Morgan fingerprint density at radius 3 is 2.68 bits per heavy atom.